The first-order valence-electron chi connectivity index (χ1n) is 6.06. The lowest BCUT2D eigenvalue weighted by atomic mass is 10.1. The second kappa shape index (κ2) is 6.61. The zero-order valence-corrected chi connectivity index (χ0v) is 14.8. The van der Waals surface area contributed by atoms with Gasteiger partial charge in [-0.05, 0) is 40.4 Å². The van der Waals surface area contributed by atoms with Gasteiger partial charge in [-0.25, -0.2) is 9.97 Å². The molecule has 0 amide bonds. The lowest BCUT2D eigenvalue weighted by Crippen LogP contribution is -2.03. The van der Waals surface area contributed by atoms with E-state index in [9.17, 15) is 0 Å². The van der Waals surface area contributed by atoms with Gasteiger partial charge in [0.05, 0.1) is 25.8 Å². The van der Waals surface area contributed by atoms with Gasteiger partial charge in [0.25, 0.3) is 0 Å². The molecule has 1 aromatic carbocycles. The van der Waals surface area contributed by atoms with Crippen LogP contribution >= 0.6 is 50.7 Å². The molecule has 106 valence electrons. The maximum absolute atomic E-state index is 6.20. The van der Waals surface area contributed by atoms with Crippen molar-refractivity contribution in [3.8, 4) is 11.4 Å². The highest BCUT2D eigenvalue weighted by molar-refractivity contribution is 9.10. The van der Waals surface area contributed by atoms with Crippen LogP contribution in [0.4, 0.5) is 0 Å². The maximum atomic E-state index is 6.20. The highest BCUT2D eigenvalue weighted by Gasteiger charge is 2.17. The number of hydrogen-bond donors (Lipinski definition) is 0. The van der Waals surface area contributed by atoms with Gasteiger partial charge in [-0.3, -0.25) is 0 Å². The summed E-state index contributed by atoms with van der Waals surface area (Å²) < 4.78 is 0.722. The monoisotopic (exact) mass is 392 g/mol. The van der Waals surface area contributed by atoms with E-state index in [1.807, 2.05) is 0 Å². The molecule has 1 heterocycles. The van der Waals surface area contributed by atoms with Crippen molar-refractivity contribution in [3.63, 3.8) is 0 Å². The number of rotatable bonds is 3. The minimum Gasteiger partial charge on any atom is -0.232 e. The van der Waals surface area contributed by atoms with Gasteiger partial charge in [-0.15, -0.1) is 0 Å². The largest absolute Gasteiger partial charge is 0.232 e. The van der Waals surface area contributed by atoms with Gasteiger partial charge in [-0.2, -0.15) is 0 Å². The molecule has 0 unspecified atom stereocenters. The molecule has 0 saturated carbocycles. The fourth-order valence-corrected chi connectivity index (χ4v) is 2.90. The number of hydrogen-bond acceptors (Lipinski definition) is 2. The summed E-state index contributed by atoms with van der Waals surface area (Å²) in [6.07, 6.45) is 0.790. The van der Waals surface area contributed by atoms with Crippen molar-refractivity contribution in [2.75, 3.05) is 0 Å². The van der Waals surface area contributed by atoms with Gasteiger partial charge < -0.3 is 0 Å². The minimum absolute atomic E-state index is 0.363. The third-order valence-corrected chi connectivity index (χ3v) is 4.63. The van der Waals surface area contributed by atoms with Crippen molar-refractivity contribution >= 4 is 50.7 Å². The molecule has 0 fully saturated rings. The average molecular weight is 395 g/mol. The standard InChI is InChI=1S/C14H12BrCl3N2/c1-7(2)6-10-12(15)13(18)20-14(19-10)11-8(16)4-3-5-9(11)17/h3-5,7H,6H2,1-2H3. The summed E-state index contributed by atoms with van der Waals surface area (Å²) in [6, 6.07) is 5.29. The molecule has 0 N–H and O–H groups in total. The van der Waals surface area contributed by atoms with Gasteiger partial charge in [0.15, 0.2) is 5.82 Å². The molecular formula is C14H12BrCl3N2. The fourth-order valence-electron chi connectivity index (χ4n) is 1.81. The quantitative estimate of drug-likeness (QED) is 0.591. The highest BCUT2D eigenvalue weighted by atomic mass is 79.9. The summed E-state index contributed by atoms with van der Waals surface area (Å²) in [7, 11) is 0. The molecule has 6 heteroatoms. The van der Waals surface area contributed by atoms with Gasteiger partial charge >= 0.3 is 0 Å². The molecule has 0 aliphatic heterocycles. The van der Waals surface area contributed by atoms with E-state index in [0.29, 0.717) is 32.5 Å². The summed E-state index contributed by atoms with van der Waals surface area (Å²) in [5, 5.41) is 1.37. The van der Waals surface area contributed by atoms with Crippen LogP contribution in [0.1, 0.15) is 19.5 Å². The predicted octanol–water partition coefficient (Wildman–Crippen LogP) is 6.06. The Labute approximate surface area is 141 Å². The molecule has 0 spiro atoms. The highest BCUT2D eigenvalue weighted by Crippen LogP contribution is 2.35. The van der Waals surface area contributed by atoms with E-state index in [-0.39, 0.29) is 0 Å². The van der Waals surface area contributed by atoms with Crippen LogP contribution in [0, 0.1) is 5.92 Å². The van der Waals surface area contributed by atoms with Crippen LogP contribution in [0.15, 0.2) is 22.7 Å². The Morgan fingerprint density at radius 2 is 1.70 bits per heavy atom. The van der Waals surface area contributed by atoms with E-state index >= 15 is 0 Å². The van der Waals surface area contributed by atoms with Crippen LogP contribution in [0.25, 0.3) is 11.4 Å². The Kier molecular flexibility index (Phi) is 5.30. The first-order chi connectivity index (χ1) is 9.40. The second-order valence-electron chi connectivity index (χ2n) is 4.79. The molecular weight excluding hydrogens is 382 g/mol. The van der Waals surface area contributed by atoms with E-state index in [4.69, 9.17) is 34.8 Å². The van der Waals surface area contributed by atoms with Crippen molar-refractivity contribution in [1.82, 2.24) is 9.97 Å². The lowest BCUT2D eigenvalue weighted by Gasteiger charge is -2.11. The van der Waals surface area contributed by atoms with Crippen LogP contribution in [0.3, 0.4) is 0 Å². The Morgan fingerprint density at radius 3 is 2.25 bits per heavy atom. The molecule has 2 aromatic rings. The number of halogens is 4. The Bertz CT molecular complexity index is 624. The molecule has 1 aromatic heterocycles. The predicted molar refractivity (Wildman–Crippen MR) is 88.7 cm³/mol. The molecule has 0 aliphatic rings. The van der Waals surface area contributed by atoms with E-state index in [0.717, 1.165) is 16.6 Å². The zero-order chi connectivity index (χ0) is 14.9. The Morgan fingerprint density at radius 1 is 1.10 bits per heavy atom. The van der Waals surface area contributed by atoms with Crippen molar-refractivity contribution in [2.24, 2.45) is 5.92 Å². The lowest BCUT2D eigenvalue weighted by molar-refractivity contribution is 0.632. The third-order valence-electron chi connectivity index (χ3n) is 2.67. The zero-order valence-electron chi connectivity index (χ0n) is 10.9. The van der Waals surface area contributed by atoms with Crippen molar-refractivity contribution in [3.05, 3.63) is 43.6 Å². The van der Waals surface area contributed by atoms with E-state index in [1.165, 1.54) is 0 Å². The summed E-state index contributed by atoms with van der Waals surface area (Å²) in [5.41, 5.74) is 1.46. The third kappa shape index (κ3) is 3.45. The minimum atomic E-state index is 0.363. The Balaban J connectivity index is 2.61. The van der Waals surface area contributed by atoms with E-state index in [1.54, 1.807) is 18.2 Å². The summed E-state index contributed by atoms with van der Waals surface area (Å²) in [4.78, 5) is 8.82. The molecule has 0 saturated heterocycles. The van der Waals surface area contributed by atoms with Gasteiger partial charge in [0.2, 0.25) is 0 Å². The van der Waals surface area contributed by atoms with Crippen LogP contribution in [-0.2, 0) is 6.42 Å². The molecule has 2 rings (SSSR count). The van der Waals surface area contributed by atoms with Gasteiger partial charge in [0.1, 0.15) is 5.15 Å². The van der Waals surface area contributed by atoms with Crippen molar-refractivity contribution < 1.29 is 0 Å². The van der Waals surface area contributed by atoms with Crippen LogP contribution in [0.2, 0.25) is 15.2 Å². The van der Waals surface area contributed by atoms with Crippen LogP contribution in [-0.4, -0.2) is 9.97 Å². The molecule has 0 atom stereocenters. The normalized spacial score (nSPS) is 11.2. The SMILES string of the molecule is CC(C)Cc1nc(-c2c(Cl)cccc2Cl)nc(Cl)c1Br. The maximum Gasteiger partial charge on any atom is 0.164 e. The molecule has 0 aliphatic carbocycles. The molecule has 0 radical (unpaired) electrons. The summed E-state index contributed by atoms with van der Waals surface area (Å²) in [5.74, 6) is 0.899. The molecule has 20 heavy (non-hydrogen) atoms. The first kappa shape index (κ1) is 16.0. The molecule has 2 nitrogen and oxygen atoms in total. The Hall–Kier alpha value is -0.350. The smallest absolute Gasteiger partial charge is 0.164 e. The van der Waals surface area contributed by atoms with E-state index < -0.39 is 0 Å². The number of nitrogens with zero attached hydrogens (tertiary/aromatic N) is 2. The van der Waals surface area contributed by atoms with Crippen molar-refractivity contribution in [2.45, 2.75) is 20.3 Å². The topological polar surface area (TPSA) is 25.8 Å². The first-order valence-corrected chi connectivity index (χ1v) is 7.99. The average Bonchev–Trinajstić information content (AvgIpc) is 2.34. The number of benzene rings is 1. The molecule has 0 bridgehead atoms. The van der Waals surface area contributed by atoms with Crippen LogP contribution in [0.5, 0.6) is 0 Å². The number of aromatic nitrogens is 2. The van der Waals surface area contributed by atoms with E-state index in [2.05, 4.69) is 39.7 Å². The fraction of sp³-hybridized carbons (Fsp3) is 0.286. The second-order valence-corrected chi connectivity index (χ2v) is 6.76. The van der Waals surface area contributed by atoms with Crippen molar-refractivity contribution in [1.29, 1.82) is 0 Å². The van der Waals surface area contributed by atoms with Crippen LogP contribution < -0.4 is 0 Å². The summed E-state index contributed by atoms with van der Waals surface area (Å²) in [6.45, 7) is 4.23. The van der Waals surface area contributed by atoms with Gasteiger partial charge in [0, 0.05) is 0 Å². The van der Waals surface area contributed by atoms with Gasteiger partial charge in [-0.1, -0.05) is 54.7 Å². The summed E-state index contributed by atoms with van der Waals surface area (Å²) >= 11 is 22.0.